The standard InChI is InChI=1S/C25H26FNO6/c1-5-32-24(28)19-14-27(18-10-8-17(26)9-11-18)15-20(25(29)33-6-2)23(19)16-7-12-21(30-3)22(13-16)31-4/h7-15,23H,5-6H2,1-4H3. The van der Waals surface area contributed by atoms with Crippen LogP contribution in [0.3, 0.4) is 0 Å². The van der Waals surface area contributed by atoms with Gasteiger partial charge < -0.3 is 23.8 Å². The fourth-order valence-corrected chi connectivity index (χ4v) is 3.58. The summed E-state index contributed by atoms with van der Waals surface area (Å²) in [5.41, 5.74) is 1.62. The molecule has 1 heterocycles. The third-order valence-corrected chi connectivity index (χ3v) is 5.07. The van der Waals surface area contributed by atoms with Crippen molar-refractivity contribution in [1.29, 1.82) is 0 Å². The molecule has 1 aliphatic heterocycles. The Morgan fingerprint density at radius 3 is 1.88 bits per heavy atom. The van der Waals surface area contributed by atoms with Crippen LogP contribution in [0, 0.1) is 5.82 Å². The monoisotopic (exact) mass is 455 g/mol. The molecule has 0 saturated heterocycles. The van der Waals surface area contributed by atoms with Gasteiger partial charge in [-0.15, -0.1) is 0 Å². The number of carbonyl (C=O) groups is 2. The third kappa shape index (κ3) is 5.16. The molecule has 1 aliphatic rings. The first-order valence-corrected chi connectivity index (χ1v) is 10.5. The number of hydrogen-bond acceptors (Lipinski definition) is 7. The lowest BCUT2D eigenvalue weighted by Gasteiger charge is -2.30. The molecule has 0 radical (unpaired) electrons. The molecular weight excluding hydrogens is 429 g/mol. The number of rotatable bonds is 8. The van der Waals surface area contributed by atoms with Crippen LogP contribution in [0.5, 0.6) is 11.5 Å². The van der Waals surface area contributed by atoms with E-state index in [-0.39, 0.29) is 24.4 Å². The maximum absolute atomic E-state index is 13.5. The van der Waals surface area contributed by atoms with E-state index in [1.807, 2.05) is 0 Å². The molecule has 0 spiro atoms. The molecule has 0 aliphatic carbocycles. The highest BCUT2D eigenvalue weighted by atomic mass is 19.1. The van der Waals surface area contributed by atoms with Gasteiger partial charge in [-0.25, -0.2) is 14.0 Å². The molecule has 8 heteroatoms. The largest absolute Gasteiger partial charge is 0.493 e. The van der Waals surface area contributed by atoms with Crippen LogP contribution in [0.4, 0.5) is 10.1 Å². The minimum Gasteiger partial charge on any atom is -0.493 e. The van der Waals surface area contributed by atoms with E-state index in [2.05, 4.69) is 0 Å². The topological polar surface area (TPSA) is 74.3 Å². The summed E-state index contributed by atoms with van der Waals surface area (Å²) in [6.07, 6.45) is 3.16. The fourth-order valence-electron chi connectivity index (χ4n) is 3.58. The van der Waals surface area contributed by atoms with Crippen molar-refractivity contribution in [2.75, 3.05) is 32.3 Å². The summed E-state index contributed by atoms with van der Waals surface area (Å²) in [4.78, 5) is 27.6. The average Bonchev–Trinajstić information content (AvgIpc) is 2.83. The quantitative estimate of drug-likeness (QED) is 0.548. The van der Waals surface area contributed by atoms with Crippen LogP contribution in [0.2, 0.25) is 0 Å². The number of hydrogen-bond donors (Lipinski definition) is 0. The molecule has 0 atom stereocenters. The SMILES string of the molecule is CCOC(=O)C1=CN(c2ccc(F)cc2)C=C(C(=O)OCC)C1c1ccc(OC)c(OC)c1. The Labute approximate surface area is 192 Å². The second-order valence-electron chi connectivity index (χ2n) is 7.04. The predicted octanol–water partition coefficient (Wildman–Crippen LogP) is 4.34. The van der Waals surface area contributed by atoms with Crippen LogP contribution in [-0.4, -0.2) is 39.4 Å². The smallest absolute Gasteiger partial charge is 0.336 e. The lowest BCUT2D eigenvalue weighted by atomic mass is 9.83. The molecule has 0 unspecified atom stereocenters. The van der Waals surface area contributed by atoms with Gasteiger partial charge in [0.25, 0.3) is 0 Å². The van der Waals surface area contributed by atoms with Gasteiger partial charge in [-0.1, -0.05) is 6.07 Å². The predicted molar refractivity (Wildman–Crippen MR) is 121 cm³/mol. The van der Waals surface area contributed by atoms with Crippen molar-refractivity contribution in [3.8, 4) is 11.5 Å². The minimum absolute atomic E-state index is 0.157. The van der Waals surface area contributed by atoms with Gasteiger partial charge in [0.05, 0.1) is 44.5 Å². The van der Waals surface area contributed by atoms with E-state index in [0.717, 1.165) is 0 Å². The molecule has 0 N–H and O–H groups in total. The van der Waals surface area contributed by atoms with Crippen molar-refractivity contribution >= 4 is 17.6 Å². The van der Waals surface area contributed by atoms with Crippen molar-refractivity contribution < 1.29 is 32.9 Å². The molecule has 2 aromatic rings. The summed E-state index contributed by atoms with van der Waals surface area (Å²) in [6, 6.07) is 10.8. The van der Waals surface area contributed by atoms with Gasteiger partial charge in [-0.05, 0) is 55.8 Å². The fraction of sp³-hybridized carbons (Fsp3) is 0.280. The van der Waals surface area contributed by atoms with Crippen LogP contribution in [0.15, 0.2) is 66.0 Å². The zero-order chi connectivity index (χ0) is 24.0. The second kappa shape index (κ2) is 10.7. The maximum Gasteiger partial charge on any atom is 0.336 e. The molecular formula is C25H26FNO6. The Morgan fingerprint density at radius 1 is 0.848 bits per heavy atom. The van der Waals surface area contributed by atoms with Crippen LogP contribution < -0.4 is 14.4 Å². The summed E-state index contributed by atoms with van der Waals surface area (Å²) in [7, 11) is 3.02. The highest BCUT2D eigenvalue weighted by Crippen LogP contribution is 2.41. The van der Waals surface area contributed by atoms with E-state index in [1.165, 1.54) is 26.4 Å². The highest BCUT2D eigenvalue weighted by molar-refractivity contribution is 6.00. The first-order valence-electron chi connectivity index (χ1n) is 10.5. The van der Waals surface area contributed by atoms with Gasteiger partial charge in [-0.3, -0.25) is 0 Å². The summed E-state index contributed by atoms with van der Waals surface area (Å²) in [6.45, 7) is 3.72. The van der Waals surface area contributed by atoms with E-state index < -0.39 is 23.7 Å². The highest BCUT2D eigenvalue weighted by Gasteiger charge is 2.36. The number of benzene rings is 2. The van der Waals surface area contributed by atoms with Crippen molar-refractivity contribution in [3.63, 3.8) is 0 Å². The summed E-state index contributed by atoms with van der Waals surface area (Å²) >= 11 is 0. The first-order chi connectivity index (χ1) is 15.9. The molecule has 7 nitrogen and oxygen atoms in total. The number of esters is 2. The first kappa shape index (κ1) is 23.8. The van der Waals surface area contributed by atoms with Crippen LogP contribution >= 0.6 is 0 Å². The van der Waals surface area contributed by atoms with Crippen molar-refractivity contribution in [1.82, 2.24) is 0 Å². The Hall–Kier alpha value is -3.81. The third-order valence-electron chi connectivity index (χ3n) is 5.07. The Morgan fingerprint density at radius 2 is 1.39 bits per heavy atom. The van der Waals surface area contributed by atoms with E-state index >= 15 is 0 Å². The number of anilines is 1. The van der Waals surface area contributed by atoms with Crippen LogP contribution in [0.1, 0.15) is 25.3 Å². The minimum atomic E-state index is -0.778. The second-order valence-corrected chi connectivity index (χ2v) is 7.04. The van der Waals surface area contributed by atoms with Crippen molar-refractivity contribution in [3.05, 3.63) is 77.4 Å². The summed E-state index contributed by atoms with van der Waals surface area (Å²) in [5.74, 6) is -1.39. The zero-order valence-electron chi connectivity index (χ0n) is 19.0. The van der Waals surface area contributed by atoms with Gasteiger partial charge in [0, 0.05) is 18.1 Å². The molecule has 0 amide bonds. The summed E-state index contributed by atoms with van der Waals surface area (Å²) in [5, 5.41) is 0. The van der Waals surface area contributed by atoms with Gasteiger partial charge in [0.15, 0.2) is 11.5 Å². The van der Waals surface area contributed by atoms with Crippen molar-refractivity contribution in [2.45, 2.75) is 19.8 Å². The number of methoxy groups -OCH3 is 2. The number of halogens is 1. The maximum atomic E-state index is 13.5. The average molecular weight is 455 g/mol. The Kier molecular flexibility index (Phi) is 7.71. The van der Waals surface area contributed by atoms with E-state index in [4.69, 9.17) is 18.9 Å². The number of carbonyl (C=O) groups excluding carboxylic acids is 2. The molecule has 0 aromatic heterocycles. The van der Waals surface area contributed by atoms with E-state index in [0.29, 0.717) is 22.7 Å². The lowest BCUT2D eigenvalue weighted by Crippen LogP contribution is -2.29. The Balaban J connectivity index is 2.19. The lowest BCUT2D eigenvalue weighted by molar-refractivity contribution is -0.139. The van der Waals surface area contributed by atoms with Crippen LogP contribution in [-0.2, 0) is 19.1 Å². The zero-order valence-corrected chi connectivity index (χ0v) is 19.0. The molecule has 0 fully saturated rings. The van der Waals surface area contributed by atoms with Gasteiger partial charge in [0.2, 0.25) is 0 Å². The normalized spacial score (nSPS) is 13.7. The molecule has 33 heavy (non-hydrogen) atoms. The van der Waals surface area contributed by atoms with E-state index in [9.17, 15) is 14.0 Å². The molecule has 3 rings (SSSR count). The van der Waals surface area contributed by atoms with Gasteiger partial charge in [0.1, 0.15) is 5.82 Å². The molecule has 0 bridgehead atoms. The summed E-state index contributed by atoms with van der Waals surface area (Å²) < 4.78 is 34.8. The van der Waals surface area contributed by atoms with Crippen LogP contribution in [0.25, 0.3) is 0 Å². The molecule has 174 valence electrons. The van der Waals surface area contributed by atoms with Crippen molar-refractivity contribution in [2.24, 2.45) is 0 Å². The van der Waals surface area contributed by atoms with Gasteiger partial charge >= 0.3 is 11.9 Å². The van der Waals surface area contributed by atoms with Gasteiger partial charge in [-0.2, -0.15) is 0 Å². The van der Waals surface area contributed by atoms with E-state index in [1.54, 1.807) is 61.5 Å². The Bertz CT molecular complexity index is 1040. The number of ether oxygens (including phenoxy) is 4. The molecule has 2 aromatic carbocycles. The molecule has 0 saturated carbocycles. The number of nitrogens with zero attached hydrogens (tertiary/aromatic N) is 1.